The molecule has 1 aromatic heterocycles. The van der Waals surface area contributed by atoms with Gasteiger partial charge >= 0.3 is 0 Å². The van der Waals surface area contributed by atoms with E-state index in [1.165, 1.54) is 4.88 Å². The molecule has 0 bridgehead atoms. The lowest BCUT2D eigenvalue weighted by molar-refractivity contribution is 0.382. The molecule has 0 spiro atoms. The van der Waals surface area contributed by atoms with E-state index in [9.17, 15) is 0 Å². The van der Waals surface area contributed by atoms with Crippen molar-refractivity contribution in [1.82, 2.24) is 5.32 Å². The van der Waals surface area contributed by atoms with E-state index in [2.05, 4.69) is 43.6 Å². The van der Waals surface area contributed by atoms with Crippen molar-refractivity contribution in [2.24, 2.45) is 5.41 Å². The maximum absolute atomic E-state index is 3.47. The van der Waals surface area contributed by atoms with Crippen LogP contribution in [0.25, 0.3) is 0 Å². The van der Waals surface area contributed by atoms with Crippen LogP contribution in [0.4, 0.5) is 0 Å². The fraction of sp³-hybridized carbons (Fsp3) is 0.636. The number of hydrogen-bond donors (Lipinski definition) is 1. The van der Waals surface area contributed by atoms with Crippen molar-refractivity contribution < 1.29 is 0 Å². The minimum absolute atomic E-state index is 0.398. The third kappa shape index (κ3) is 5.06. The Morgan fingerprint density at radius 3 is 2.69 bits per heavy atom. The first-order chi connectivity index (χ1) is 6.08. The molecule has 13 heavy (non-hydrogen) atoms. The van der Waals surface area contributed by atoms with E-state index in [-0.39, 0.29) is 0 Å². The number of rotatable bonds is 4. The van der Waals surface area contributed by atoms with Crippen molar-refractivity contribution in [2.75, 3.05) is 13.1 Å². The molecule has 74 valence electrons. The van der Waals surface area contributed by atoms with Gasteiger partial charge in [-0.1, -0.05) is 26.8 Å². The lowest BCUT2D eigenvalue weighted by Gasteiger charge is -2.18. The van der Waals surface area contributed by atoms with E-state index >= 15 is 0 Å². The maximum atomic E-state index is 3.47. The molecule has 1 heterocycles. The van der Waals surface area contributed by atoms with Crippen LogP contribution >= 0.6 is 11.3 Å². The third-order valence-corrected chi connectivity index (χ3v) is 2.72. The molecule has 1 N–H and O–H groups in total. The number of nitrogens with one attached hydrogen (secondary N) is 1. The fourth-order valence-electron chi connectivity index (χ4n) is 1.13. The van der Waals surface area contributed by atoms with Gasteiger partial charge in [0.15, 0.2) is 0 Å². The summed E-state index contributed by atoms with van der Waals surface area (Å²) in [7, 11) is 0. The molecule has 0 aliphatic heterocycles. The highest BCUT2D eigenvalue weighted by atomic mass is 32.1. The van der Waals surface area contributed by atoms with Gasteiger partial charge in [0.1, 0.15) is 0 Å². The second-order valence-corrected chi connectivity index (χ2v) is 5.60. The monoisotopic (exact) mass is 197 g/mol. The summed E-state index contributed by atoms with van der Waals surface area (Å²) < 4.78 is 0. The molecule has 0 aliphatic rings. The number of hydrogen-bond acceptors (Lipinski definition) is 2. The van der Waals surface area contributed by atoms with Crippen molar-refractivity contribution in [3.05, 3.63) is 22.4 Å². The molecular weight excluding hydrogens is 178 g/mol. The van der Waals surface area contributed by atoms with Crippen LogP contribution in [0.1, 0.15) is 25.6 Å². The van der Waals surface area contributed by atoms with Crippen molar-refractivity contribution in [2.45, 2.75) is 27.2 Å². The summed E-state index contributed by atoms with van der Waals surface area (Å²) in [5.41, 5.74) is 0.398. The summed E-state index contributed by atoms with van der Waals surface area (Å²) >= 11 is 1.84. The lowest BCUT2D eigenvalue weighted by Crippen LogP contribution is -2.28. The van der Waals surface area contributed by atoms with E-state index in [0.29, 0.717) is 5.41 Å². The van der Waals surface area contributed by atoms with Gasteiger partial charge in [0.25, 0.3) is 0 Å². The normalized spacial score (nSPS) is 11.9. The highest BCUT2D eigenvalue weighted by Crippen LogP contribution is 2.11. The Kier molecular flexibility index (Phi) is 3.94. The summed E-state index contributed by atoms with van der Waals surface area (Å²) in [6.45, 7) is 8.96. The first kappa shape index (κ1) is 10.7. The first-order valence-electron chi connectivity index (χ1n) is 4.81. The van der Waals surface area contributed by atoms with E-state index < -0.39 is 0 Å². The van der Waals surface area contributed by atoms with Gasteiger partial charge in [-0.05, 0) is 29.8 Å². The molecule has 0 fully saturated rings. The molecule has 1 aromatic rings. The second kappa shape index (κ2) is 4.77. The quantitative estimate of drug-likeness (QED) is 0.732. The SMILES string of the molecule is CC(C)(C)CNCCc1cccs1. The van der Waals surface area contributed by atoms with Crippen molar-refractivity contribution >= 4 is 11.3 Å². The van der Waals surface area contributed by atoms with Gasteiger partial charge in [-0.25, -0.2) is 0 Å². The predicted molar refractivity (Wildman–Crippen MR) is 60.3 cm³/mol. The zero-order chi connectivity index (χ0) is 9.73. The van der Waals surface area contributed by atoms with Crippen molar-refractivity contribution in [3.63, 3.8) is 0 Å². The van der Waals surface area contributed by atoms with E-state index in [1.807, 2.05) is 11.3 Å². The lowest BCUT2D eigenvalue weighted by atomic mass is 9.97. The van der Waals surface area contributed by atoms with Crippen LogP contribution in [-0.4, -0.2) is 13.1 Å². The van der Waals surface area contributed by atoms with E-state index in [4.69, 9.17) is 0 Å². The molecule has 0 saturated carbocycles. The molecule has 0 unspecified atom stereocenters. The van der Waals surface area contributed by atoms with Crippen molar-refractivity contribution in [3.8, 4) is 0 Å². The summed E-state index contributed by atoms with van der Waals surface area (Å²) in [6, 6.07) is 4.31. The Morgan fingerprint density at radius 1 is 1.38 bits per heavy atom. The summed E-state index contributed by atoms with van der Waals surface area (Å²) in [5.74, 6) is 0. The average Bonchev–Trinajstić information content (AvgIpc) is 2.48. The van der Waals surface area contributed by atoms with Crippen LogP contribution in [0.5, 0.6) is 0 Å². The molecule has 1 rings (SSSR count). The standard InChI is InChI=1S/C11H19NS/c1-11(2,3)9-12-7-6-10-5-4-8-13-10/h4-5,8,12H,6-7,9H2,1-3H3. The molecular formula is C11H19NS. The zero-order valence-electron chi connectivity index (χ0n) is 8.76. The van der Waals surface area contributed by atoms with Crippen LogP contribution in [0.3, 0.4) is 0 Å². The van der Waals surface area contributed by atoms with Crippen LogP contribution in [-0.2, 0) is 6.42 Å². The fourth-order valence-corrected chi connectivity index (χ4v) is 1.84. The van der Waals surface area contributed by atoms with Gasteiger partial charge in [-0.2, -0.15) is 0 Å². The van der Waals surface area contributed by atoms with Crippen molar-refractivity contribution in [1.29, 1.82) is 0 Å². The predicted octanol–water partition coefficient (Wildman–Crippen LogP) is 2.93. The van der Waals surface area contributed by atoms with Gasteiger partial charge in [0.05, 0.1) is 0 Å². The summed E-state index contributed by atoms with van der Waals surface area (Å²) in [5, 5.41) is 5.61. The molecule has 0 radical (unpaired) electrons. The second-order valence-electron chi connectivity index (χ2n) is 4.57. The van der Waals surface area contributed by atoms with Crippen LogP contribution in [0, 0.1) is 5.41 Å². The molecule has 0 aromatic carbocycles. The minimum atomic E-state index is 0.398. The summed E-state index contributed by atoms with van der Waals surface area (Å²) in [6.07, 6.45) is 1.16. The Balaban J connectivity index is 2.09. The molecule has 1 nitrogen and oxygen atoms in total. The Labute approximate surface area is 85.2 Å². The smallest absolute Gasteiger partial charge is 0.00578 e. The highest BCUT2D eigenvalue weighted by Gasteiger charge is 2.08. The average molecular weight is 197 g/mol. The Hall–Kier alpha value is -0.340. The van der Waals surface area contributed by atoms with Gasteiger partial charge in [-0.15, -0.1) is 11.3 Å². The van der Waals surface area contributed by atoms with Gasteiger partial charge in [-0.3, -0.25) is 0 Å². The molecule has 0 saturated heterocycles. The van der Waals surface area contributed by atoms with Crippen LogP contribution in [0.15, 0.2) is 17.5 Å². The van der Waals surface area contributed by atoms with Crippen LogP contribution < -0.4 is 5.32 Å². The van der Waals surface area contributed by atoms with Crippen LogP contribution in [0.2, 0.25) is 0 Å². The topological polar surface area (TPSA) is 12.0 Å². The largest absolute Gasteiger partial charge is 0.316 e. The summed E-state index contributed by atoms with van der Waals surface area (Å²) in [4.78, 5) is 1.47. The van der Waals surface area contributed by atoms with E-state index in [1.54, 1.807) is 0 Å². The van der Waals surface area contributed by atoms with Gasteiger partial charge in [0, 0.05) is 11.4 Å². The Morgan fingerprint density at radius 2 is 2.15 bits per heavy atom. The Bertz CT molecular complexity index is 221. The van der Waals surface area contributed by atoms with E-state index in [0.717, 1.165) is 19.5 Å². The molecule has 0 amide bonds. The third-order valence-electron chi connectivity index (χ3n) is 1.78. The van der Waals surface area contributed by atoms with Gasteiger partial charge in [0.2, 0.25) is 0 Å². The highest BCUT2D eigenvalue weighted by molar-refractivity contribution is 7.09. The molecule has 2 heteroatoms. The zero-order valence-corrected chi connectivity index (χ0v) is 9.58. The maximum Gasteiger partial charge on any atom is 0.00578 e. The first-order valence-corrected chi connectivity index (χ1v) is 5.69. The molecule has 0 atom stereocenters. The number of thiophene rings is 1. The van der Waals surface area contributed by atoms with Gasteiger partial charge < -0.3 is 5.32 Å². The minimum Gasteiger partial charge on any atom is -0.316 e. The molecule has 0 aliphatic carbocycles.